The first-order valence-corrected chi connectivity index (χ1v) is 6.71. The highest BCUT2D eigenvalue weighted by atomic mass is 35.5. The van der Waals surface area contributed by atoms with E-state index in [1.807, 2.05) is 44.1 Å². The van der Waals surface area contributed by atoms with E-state index in [0.717, 1.165) is 24.1 Å². The molecule has 19 heavy (non-hydrogen) atoms. The monoisotopic (exact) mass is 281 g/mol. The quantitative estimate of drug-likeness (QED) is 0.643. The molecule has 1 aromatic carbocycles. The second-order valence-electron chi connectivity index (χ2n) is 4.50. The molecule has 1 N–H and O–H groups in total. The molecule has 0 fully saturated rings. The highest BCUT2D eigenvalue weighted by Crippen LogP contribution is 2.21. The molecule has 0 radical (unpaired) electrons. The van der Waals surface area contributed by atoms with Crippen molar-refractivity contribution in [3.8, 4) is 0 Å². The fourth-order valence-corrected chi connectivity index (χ4v) is 1.69. The van der Waals surface area contributed by atoms with Gasteiger partial charge in [0.1, 0.15) is 0 Å². The van der Waals surface area contributed by atoms with Gasteiger partial charge in [-0.2, -0.15) is 5.10 Å². The molecule has 1 amide bonds. The summed E-state index contributed by atoms with van der Waals surface area (Å²) in [6, 6.07) is 5.69. The van der Waals surface area contributed by atoms with Crippen molar-refractivity contribution in [1.29, 1.82) is 0 Å². The average molecular weight is 282 g/mol. The van der Waals surface area contributed by atoms with Gasteiger partial charge in [-0.25, -0.2) is 5.43 Å². The molecule has 0 aliphatic heterocycles. The van der Waals surface area contributed by atoms with E-state index in [1.165, 1.54) is 0 Å². The number of rotatable bonds is 6. The summed E-state index contributed by atoms with van der Waals surface area (Å²) in [4.78, 5) is 13.3. The molecule has 0 spiro atoms. The number of nitrogens with one attached hydrogen (secondary N) is 1. The third-order valence-corrected chi connectivity index (χ3v) is 2.98. The van der Waals surface area contributed by atoms with E-state index >= 15 is 0 Å². The predicted octanol–water partition coefficient (Wildman–Crippen LogP) is 3.05. The molecule has 4 nitrogen and oxygen atoms in total. The number of benzene rings is 1. The molecule has 0 aliphatic rings. The number of amides is 1. The van der Waals surface area contributed by atoms with Gasteiger partial charge in [0.05, 0.1) is 11.2 Å². The number of halogens is 1. The molecule has 5 heteroatoms. The van der Waals surface area contributed by atoms with Crippen LogP contribution in [0.2, 0.25) is 5.02 Å². The SMILES string of the molecule is CCCCC(=O)N/N=C/c1ccc(N(C)C)cc1Cl. The minimum absolute atomic E-state index is 0.0702. The van der Waals surface area contributed by atoms with Gasteiger partial charge >= 0.3 is 0 Å². The third kappa shape index (κ3) is 5.30. The lowest BCUT2D eigenvalue weighted by molar-refractivity contribution is -0.121. The fourth-order valence-electron chi connectivity index (χ4n) is 1.47. The maximum atomic E-state index is 11.4. The Hall–Kier alpha value is -1.55. The zero-order valence-electron chi connectivity index (χ0n) is 11.6. The first-order chi connectivity index (χ1) is 9.04. The van der Waals surface area contributed by atoms with E-state index in [1.54, 1.807) is 6.21 Å². The van der Waals surface area contributed by atoms with Crippen LogP contribution >= 0.6 is 11.6 Å². The first-order valence-electron chi connectivity index (χ1n) is 6.33. The Labute approximate surface area is 119 Å². The Bertz CT molecular complexity index is 458. The van der Waals surface area contributed by atoms with Crippen LogP contribution < -0.4 is 10.3 Å². The number of nitrogens with zero attached hydrogens (tertiary/aromatic N) is 2. The predicted molar refractivity (Wildman–Crippen MR) is 81.0 cm³/mol. The van der Waals surface area contributed by atoms with Crippen molar-refractivity contribution in [3.05, 3.63) is 28.8 Å². The van der Waals surface area contributed by atoms with Crippen LogP contribution in [0.1, 0.15) is 31.7 Å². The number of hydrogen-bond acceptors (Lipinski definition) is 3. The van der Waals surface area contributed by atoms with Gasteiger partial charge in [-0.1, -0.05) is 24.9 Å². The minimum Gasteiger partial charge on any atom is -0.378 e. The number of carbonyl (C=O) groups is 1. The van der Waals surface area contributed by atoms with Crippen molar-refractivity contribution in [2.75, 3.05) is 19.0 Å². The van der Waals surface area contributed by atoms with Crippen molar-refractivity contribution >= 4 is 29.4 Å². The Morgan fingerprint density at radius 2 is 2.21 bits per heavy atom. The van der Waals surface area contributed by atoms with Crippen molar-refractivity contribution < 1.29 is 4.79 Å². The molecule has 0 aromatic heterocycles. The van der Waals surface area contributed by atoms with E-state index in [4.69, 9.17) is 11.6 Å². The highest BCUT2D eigenvalue weighted by Gasteiger charge is 2.02. The molecule has 104 valence electrons. The zero-order chi connectivity index (χ0) is 14.3. The topological polar surface area (TPSA) is 44.7 Å². The molecule has 0 heterocycles. The molecular formula is C14H20ClN3O. The molecule has 0 atom stereocenters. The highest BCUT2D eigenvalue weighted by molar-refractivity contribution is 6.33. The van der Waals surface area contributed by atoms with Crippen LogP contribution in [-0.2, 0) is 4.79 Å². The Morgan fingerprint density at radius 3 is 2.79 bits per heavy atom. The van der Waals surface area contributed by atoms with Crippen LogP contribution in [0.4, 0.5) is 5.69 Å². The molecule has 0 aliphatic carbocycles. The lowest BCUT2D eigenvalue weighted by atomic mass is 10.2. The lowest BCUT2D eigenvalue weighted by Gasteiger charge is -2.12. The van der Waals surface area contributed by atoms with E-state index in [0.29, 0.717) is 11.4 Å². The maximum absolute atomic E-state index is 11.4. The van der Waals surface area contributed by atoms with E-state index in [9.17, 15) is 4.79 Å². The smallest absolute Gasteiger partial charge is 0.240 e. The molecule has 1 rings (SSSR count). The average Bonchev–Trinajstić information content (AvgIpc) is 2.38. The largest absolute Gasteiger partial charge is 0.378 e. The second-order valence-corrected chi connectivity index (χ2v) is 4.90. The van der Waals surface area contributed by atoms with Crippen LogP contribution in [0.25, 0.3) is 0 Å². The molecule has 0 saturated heterocycles. The summed E-state index contributed by atoms with van der Waals surface area (Å²) in [6.07, 6.45) is 3.93. The molecule has 1 aromatic rings. The van der Waals surface area contributed by atoms with Crippen molar-refractivity contribution in [2.24, 2.45) is 5.10 Å². The normalized spacial score (nSPS) is 10.7. The van der Waals surface area contributed by atoms with Gasteiger partial charge in [0.2, 0.25) is 5.91 Å². The van der Waals surface area contributed by atoms with E-state index in [2.05, 4.69) is 10.5 Å². The maximum Gasteiger partial charge on any atom is 0.240 e. The van der Waals surface area contributed by atoms with Gasteiger partial charge in [-0.15, -0.1) is 0 Å². The molecule has 0 saturated carbocycles. The van der Waals surface area contributed by atoms with Crippen molar-refractivity contribution in [1.82, 2.24) is 5.43 Å². The number of hydrazone groups is 1. The van der Waals surface area contributed by atoms with Crippen molar-refractivity contribution in [3.63, 3.8) is 0 Å². The summed E-state index contributed by atoms with van der Waals surface area (Å²) >= 11 is 6.14. The lowest BCUT2D eigenvalue weighted by Crippen LogP contribution is -2.16. The van der Waals surface area contributed by atoms with Crippen LogP contribution in [0.3, 0.4) is 0 Å². The second kappa shape index (κ2) is 7.79. The minimum atomic E-state index is -0.0702. The summed E-state index contributed by atoms with van der Waals surface area (Å²) in [6.45, 7) is 2.04. The third-order valence-electron chi connectivity index (χ3n) is 2.65. The standard InChI is InChI=1S/C14H20ClN3O/c1-4-5-6-14(19)17-16-10-11-7-8-12(18(2)3)9-13(11)15/h7-10H,4-6H2,1-3H3,(H,17,19)/b16-10+. The number of unbranched alkanes of at least 4 members (excludes halogenated alkanes) is 1. The van der Waals surface area contributed by atoms with Crippen LogP contribution in [0.5, 0.6) is 0 Å². The van der Waals surface area contributed by atoms with Crippen LogP contribution in [-0.4, -0.2) is 26.2 Å². The summed E-state index contributed by atoms with van der Waals surface area (Å²) in [5, 5.41) is 4.52. The van der Waals surface area contributed by atoms with Gasteiger partial charge in [-0.3, -0.25) is 4.79 Å². The first kappa shape index (κ1) is 15.5. The molecular weight excluding hydrogens is 262 g/mol. The van der Waals surface area contributed by atoms with Crippen LogP contribution in [0.15, 0.2) is 23.3 Å². The van der Waals surface area contributed by atoms with Gasteiger partial charge in [-0.05, 0) is 24.6 Å². The van der Waals surface area contributed by atoms with Gasteiger partial charge in [0, 0.05) is 31.8 Å². The Kier molecular flexibility index (Phi) is 6.36. The zero-order valence-corrected chi connectivity index (χ0v) is 12.4. The summed E-state index contributed by atoms with van der Waals surface area (Å²) in [7, 11) is 3.90. The number of hydrogen-bond donors (Lipinski definition) is 1. The van der Waals surface area contributed by atoms with E-state index in [-0.39, 0.29) is 5.91 Å². The number of carbonyl (C=O) groups excluding carboxylic acids is 1. The number of anilines is 1. The summed E-state index contributed by atoms with van der Waals surface area (Å²) < 4.78 is 0. The molecule has 0 bridgehead atoms. The Morgan fingerprint density at radius 1 is 1.47 bits per heavy atom. The van der Waals surface area contributed by atoms with Gasteiger partial charge in [0.25, 0.3) is 0 Å². The fraction of sp³-hybridized carbons (Fsp3) is 0.429. The Balaban J connectivity index is 2.60. The van der Waals surface area contributed by atoms with Crippen LogP contribution in [0, 0.1) is 0 Å². The van der Waals surface area contributed by atoms with Crippen molar-refractivity contribution in [2.45, 2.75) is 26.2 Å². The van der Waals surface area contributed by atoms with Gasteiger partial charge < -0.3 is 4.90 Å². The summed E-state index contributed by atoms with van der Waals surface area (Å²) in [5.41, 5.74) is 4.29. The van der Waals surface area contributed by atoms with Gasteiger partial charge in [0.15, 0.2) is 0 Å². The van der Waals surface area contributed by atoms with E-state index < -0.39 is 0 Å². The molecule has 0 unspecified atom stereocenters. The summed E-state index contributed by atoms with van der Waals surface area (Å²) in [5.74, 6) is -0.0702.